The van der Waals surface area contributed by atoms with Gasteiger partial charge in [-0.15, -0.1) is 21.5 Å². The van der Waals surface area contributed by atoms with Gasteiger partial charge in [-0.2, -0.15) is 13.2 Å². The van der Waals surface area contributed by atoms with Crippen LogP contribution in [0.5, 0.6) is 0 Å². The number of rotatable bonds is 6. The monoisotopic (exact) mass is 667 g/mol. The van der Waals surface area contributed by atoms with Gasteiger partial charge in [0.15, 0.2) is 0 Å². The Morgan fingerprint density at radius 3 is 2.57 bits per heavy atom. The Morgan fingerprint density at radius 1 is 1.11 bits per heavy atom. The van der Waals surface area contributed by atoms with Gasteiger partial charge in [-0.05, 0) is 99.9 Å². The van der Waals surface area contributed by atoms with Crippen molar-refractivity contribution in [1.82, 2.24) is 20.0 Å². The normalized spacial score (nSPS) is 22.6. The number of carbonyl (C=O) groups is 2. The van der Waals surface area contributed by atoms with E-state index in [1.165, 1.54) is 22.3 Å². The maximum Gasteiger partial charge on any atom is 0.416 e. The van der Waals surface area contributed by atoms with Gasteiger partial charge >= 0.3 is 12.3 Å². The summed E-state index contributed by atoms with van der Waals surface area (Å²) < 4.78 is 49.1. The van der Waals surface area contributed by atoms with E-state index in [2.05, 4.69) is 15.1 Å². The van der Waals surface area contributed by atoms with Crippen molar-refractivity contribution in [3.05, 3.63) is 74.7 Å². The van der Waals surface area contributed by atoms with Gasteiger partial charge in [-0.25, -0.2) is 4.79 Å². The maximum atomic E-state index is 14.5. The van der Waals surface area contributed by atoms with Gasteiger partial charge < -0.3 is 14.5 Å². The van der Waals surface area contributed by atoms with Gasteiger partial charge in [-0.3, -0.25) is 9.69 Å². The first-order valence-corrected chi connectivity index (χ1v) is 17.3. The summed E-state index contributed by atoms with van der Waals surface area (Å²) in [5.74, 6) is 0.0640. The molecule has 12 heteroatoms. The van der Waals surface area contributed by atoms with Crippen molar-refractivity contribution in [3.63, 3.8) is 0 Å². The van der Waals surface area contributed by atoms with E-state index in [0.29, 0.717) is 49.9 Å². The number of likely N-dealkylation sites (tertiary alicyclic amines) is 2. The van der Waals surface area contributed by atoms with Crippen molar-refractivity contribution in [2.24, 2.45) is 11.3 Å². The average molecular weight is 668 g/mol. The molecule has 0 N–H and O–H groups in total. The SMILES string of the molecule is CC(C)(C)OC(=O)N1CC[C@]2(CCN(Cc3cc4c(c(C(F)(F)F)c3)CN(c3cccc([C@H](c5nncs5)C5CCC5)c3)C4=O)C2)C1. The molecule has 3 fully saturated rings. The summed E-state index contributed by atoms with van der Waals surface area (Å²) in [5.41, 5.74) is 2.49. The molecule has 7 rings (SSSR count). The topological polar surface area (TPSA) is 78.9 Å². The summed E-state index contributed by atoms with van der Waals surface area (Å²) in [6.07, 6.45) is 0.0795. The second-order valence-corrected chi connectivity index (χ2v) is 15.6. The molecule has 1 aromatic heterocycles. The number of halogens is 3. The number of ether oxygens (including phenoxy) is 1. The third-order valence-electron chi connectivity index (χ3n) is 10.2. The molecule has 2 aromatic carbocycles. The third-order valence-corrected chi connectivity index (χ3v) is 11.0. The van der Waals surface area contributed by atoms with Crippen molar-refractivity contribution in [1.29, 1.82) is 0 Å². The predicted molar refractivity (Wildman–Crippen MR) is 172 cm³/mol. The molecule has 2 amide bonds. The Bertz CT molecular complexity index is 1670. The molecule has 2 saturated heterocycles. The van der Waals surface area contributed by atoms with Crippen LogP contribution in [0.1, 0.15) is 96.4 Å². The molecule has 4 heterocycles. The summed E-state index contributed by atoms with van der Waals surface area (Å²) in [7, 11) is 0. The van der Waals surface area contributed by atoms with Gasteiger partial charge in [-0.1, -0.05) is 18.6 Å². The van der Waals surface area contributed by atoms with E-state index in [9.17, 15) is 22.8 Å². The Hall–Kier alpha value is -3.51. The van der Waals surface area contributed by atoms with Crippen LogP contribution >= 0.6 is 11.3 Å². The van der Waals surface area contributed by atoms with E-state index < -0.39 is 23.2 Å². The van der Waals surface area contributed by atoms with Gasteiger partial charge in [0, 0.05) is 48.8 Å². The number of fused-ring (bicyclic) bond motifs is 1. The summed E-state index contributed by atoms with van der Waals surface area (Å²) in [5, 5.41) is 9.31. The molecule has 250 valence electrons. The first-order valence-electron chi connectivity index (χ1n) is 16.4. The number of hydrogen-bond acceptors (Lipinski definition) is 7. The minimum absolute atomic E-state index is 0.0259. The smallest absolute Gasteiger partial charge is 0.416 e. The highest BCUT2D eigenvalue weighted by atomic mass is 32.1. The van der Waals surface area contributed by atoms with Crippen molar-refractivity contribution >= 4 is 29.0 Å². The lowest BCUT2D eigenvalue weighted by Crippen LogP contribution is -2.37. The molecule has 1 saturated carbocycles. The van der Waals surface area contributed by atoms with Gasteiger partial charge in [0.25, 0.3) is 5.91 Å². The maximum absolute atomic E-state index is 14.5. The largest absolute Gasteiger partial charge is 0.444 e. The predicted octanol–water partition coefficient (Wildman–Crippen LogP) is 7.48. The molecule has 1 spiro atoms. The van der Waals surface area contributed by atoms with Crippen LogP contribution in [0.15, 0.2) is 41.9 Å². The molecular formula is C35H40F3N5O3S. The Balaban J connectivity index is 1.10. The molecule has 8 nitrogen and oxygen atoms in total. The summed E-state index contributed by atoms with van der Waals surface area (Å²) in [6.45, 7) is 8.26. The van der Waals surface area contributed by atoms with E-state index in [-0.39, 0.29) is 35.1 Å². The van der Waals surface area contributed by atoms with E-state index in [0.717, 1.165) is 42.7 Å². The second kappa shape index (κ2) is 11.9. The fourth-order valence-electron chi connectivity index (χ4n) is 7.79. The number of anilines is 1. The quantitative estimate of drug-likeness (QED) is 0.271. The molecule has 3 aliphatic heterocycles. The van der Waals surface area contributed by atoms with Crippen LogP contribution < -0.4 is 4.90 Å². The van der Waals surface area contributed by atoms with E-state index in [1.807, 2.05) is 39.0 Å². The fourth-order valence-corrected chi connectivity index (χ4v) is 8.56. The van der Waals surface area contributed by atoms with Crippen LogP contribution in [0.2, 0.25) is 0 Å². The molecule has 47 heavy (non-hydrogen) atoms. The van der Waals surface area contributed by atoms with Crippen molar-refractivity contribution in [3.8, 4) is 0 Å². The summed E-state index contributed by atoms with van der Waals surface area (Å²) in [4.78, 5) is 31.9. The van der Waals surface area contributed by atoms with Gasteiger partial charge in [0.05, 0.1) is 12.1 Å². The van der Waals surface area contributed by atoms with Crippen LogP contribution in [0.3, 0.4) is 0 Å². The van der Waals surface area contributed by atoms with Crippen molar-refractivity contribution in [2.45, 2.75) is 83.7 Å². The minimum atomic E-state index is -4.60. The average Bonchev–Trinajstić information content (AvgIpc) is 3.78. The van der Waals surface area contributed by atoms with Gasteiger partial charge in [0.1, 0.15) is 16.1 Å². The molecule has 4 aliphatic rings. The van der Waals surface area contributed by atoms with E-state index in [1.54, 1.807) is 22.5 Å². The lowest BCUT2D eigenvalue weighted by molar-refractivity contribution is -0.138. The third kappa shape index (κ3) is 6.38. The number of aromatic nitrogens is 2. The Morgan fingerprint density at radius 2 is 1.89 bits per heavy atom. The molecule has 2 atom stereocenters. The standard InChI is InChI=1S/C35H40F3N5O3S/c1-33(2,3)46-32(45)42-13-11-34(20-42)10-12-41(19-34)17-22-14-26-27(28(15-22)35(36,37)38)18-43(31(26)44)25-9-5-8-24(16-25)29(23-6-4-7-23)30-40-39-21-47-30/h5,8-9,14-16,21,23,29H,4,6-7,10-13,17-20H2,1-3H3/t29-,34+/m1/s1. The highest BCUT2D eigenvalue weighted by Gasteiger charge is 2.46. The fraction of sp³-hybridized carbons (Fsp3) is 0.543. The molecule has 0 unspecified atom stereocenters. The zero-order valence-electron chi connectivity index (χ0n) is 27.0. The first-order chi connectivity index (χ1) is 22.3. The highest BCUT2D eigenvalue weighted by Crippen LogP contribution is 2.46. The molecule has 0 radical (unpaired) electrons. The lowest BCUT2D eigenvalue weighted by atomic mass is 9.73. The Kier molecular flexibility index (Phi) is 8.10. The number of alkyl halides is 3. The molecule has 3 aromatic rings. The number of hydrogen-bond donors (Lipinski definition) is 0. The van der Waals surface area contributed by atoms with Gasteiger partial charge in [0.2, 0.25) is 0 Å². The zero-order valence-corrected chi connectivity index (χ0v) is 27.8. The van der Waals surface area contributed by atoms with Crippen molar-refractivity contribution < 1.29 is 27.5 Å². The van der Waals surface area contributed by atoms with E-state index in [4.69, 9.17) is 4.74 Å². The van der Waals surface area contributed by atoms with Crippen LogP contribution in [0.25, 0.3) is 0 Å². The highest BCUT2D eigenvalue weighted by molar-refractivity contribution is 7.09. The van der Waals surface area contributed by atoms with Crippen LogP contribution in [-0.2, 0) is 24.0 Å². The minimum Gasteiger partial charge on any atom is -0.444 e. The second-order valence-electron chi connectivity index (χ2n) is 14.7. The number of benzene rings is 2. The first kappa shape index (κ1) is 32.1. The number of nitrogens with zero attached hydrogens (tertiary/aromatic N) is 5. The molecule has 1 aliphatic carbocycles. The number of amides is 2. The van der Waals surface area contributed by atoms with Crippen LogP contribution in [0.4, 0.5) is 23.7 Å². The lowest BCUT2D eigenvalue weighted by Gasteiger charge is -2.33. The van der Waals surface area contributed by atoms with Crippen LogP contribution in [0, 0.1) is 11.3 Å². The Labute approximate surface area is 276 Å². The van der Waals surface area contributed by atoms with Crippen molar-refractivity contribution in [2.75, 3.05) is 31.1 Å². The zero-order chi connectivity index (χ0) is 33.1. The molecular weight excluding hydrogens is 627 g/mol. The summed E-state index contributed by atoms with van der Waals surface area (Å²) in [6, 6.07) is 10.5. The molecule has 0 bridgehead atoms. The number of carbonyl (C=O) groups excluding carboxylic acids is 2. The van der Waals surface area contributed by atoms with E-state index >= 15 is 0 Å². The summed E-state index contributed by atoms with van der Waals surface area (Å²) >= 11 is 1.51. The van der Waals surface area contributed by atoms with Crippen LogP contribution in [-0.4, -0.2) is 63.8 Å².